The molecule has 7 heteroatoms. The first-order valence-electron chi connectivity index (χ1n) is 6.79. The van der Waals surface area contributed by atoms with Crippen LogP contribution >= 0.6 is 34.4 Å². The summed E-state index contributed by atoms with van der Waals surface area (Å²) in [6.45, 7) is 3.15. The largest absolute Gasteiger partial charge is 0.252 e. The van der Waals surface area contributed by atoms with Gasteiger partial charge in [0.15, 0.2) is 0 Å². The van der Waals surface area contributed by atoms with Gasteiger partial charge < -0.3 is 0 Å². The summed E-state index contributed by atoms with van der Waals surface area (Å²) in [4.78, 5) is 2.39. The van der Waals surface area contributed by atoms with E-state index in [1.54, 1.807) is 21.7 Å². The molecule has 1 saturated heterocycles. The molecular weight excluding hydrogens is 342 g/mol. The number of thioether (sulfide) groups is 1. The lowest BCUT2D eigenvalue weighted by molar-refractivity contribution is 0.430. The maximum atomic E-state index is 12.7. The highest BCUT2D eigenvalue weighted by atomic mass is 32.2. The van der Waals surface area contributed by atoms with Crippen molar-refractivity contribution in [2.45, 2.75) is 22.8 Å². The first kappa shape index (κ1) is 15.6. The summed E-state index contributed by atoms with van der Waals surface area (Å²) in [5.41, 5.74) is 0. The van der Waals surface area contributed by atoms with Crippen LogP contribution in [0.5, 0.6) is 0 Å². The zero-order chi connectivity index (χ0) is 14.9. The topological polar surface area (TPSA) is 37.4 Å². The van der Waals surface area contributed by atoms with Crippen molar-refractivity contribution in [2.24, 2.45) is 0 Å². The van der Waals surface area contributed by atoms with Gasteiger partial charge in [-0.2, -0.15) is 16.1 Å². The molecule has 1 fully saturated rings. The molecule has 1 aliphatic rings. The highest BCUT2D eigenvalue weighted by Crippen LogP contribution is 2.38. The number of sulfonamides is 1. The van der Waals surface area contributed by atoms with E-state index in [1.807, 2.05) is 24.8 Å². The van der Waals surface area contributed by atoms with Crippen molar-refractivity contribution in [2.75, 3.05) is 18.8 Å². The van der Waals surface area contributed by atoms with Gasteiger partial charge in [-0.05, 0) is 36.9 Å². The molecule has 1 unspecified atom stereocenters. The van der Waals surface area contributed by atoms with Gasteiger partial charge in [-0.1, -0.05) is 6.07 Å². The summed E-state index contributed by atoms with van der Waals surface area (Å²) in [6, 6.07) is 7.81. The van der Waals surface area contributed by atoms with Gasteiger partial charge in [0.1, 0.15) is 4.21 Å². The molecule has 21 heavy (non-hydrogen) atoms. The quantitative estimate of drug-likeness (QED) is 0.832. The second-order valence-electron chi connectivity index (χ2n) is 4.93. The molecular formula is C14H17NO2S4. The molecule has 0 N–H and O–H groups in total. The molecule has 1 atom stereocenters. The number of hydrogen-bond acceptors (Lipinski definition) is 5. The van der Waals surface area contributed by atoms with E-state index in [0.29, 0.717) is 22.5 Å². The SMILES string of the molecule is Cc1ccc(S(=O)(=O)N2CCSC(c3cccs3)CC2)s1. The van der Waals surface area contributed by atoms with Crippen molar-refractivity contribution in [3.8, 4) is 0 Å². The Labute approximate surface area is 138 Å². The first-order chi connectivity index (χ1) is 10.1. The Bertz CT molecular complexity index is 690. The third-order valence-electron chi connectivity index (χ3n) is 3.47. The van der Waals surface area contributed by atoms with E-state index in [0.717, 1.165) is 17.1 Å². The number of rotatable bonds is 3. The van der Waals surface area contributed by atoms with Crippen LogP contribution in [0.4, 0.5) is 0 Å². The molecule has 3 rings (SSSR count). The van der Waals surface area contributed by atoms with Crippen LogP contribution in [-0.4, -0.2) is 31.6 Å². The molecule has 0 radical (unpaired) electrons. The van der Waals surface area contributed by atoms with E-state index in [4.69, 9.17) is 0 Å². The molecule has 0 amide bonds. The van der Waals surface area contributed by atoms with Crippen LogP contribution < -0.4 is 0 Å². The summed E-state index contributed by atoms with van der Waals surface area (Å²) in [5.74, 6) is 0.853. The van der Waals surface area contributed by atoms with Crippen molar-refractivity contribution in [1.29, 1.82) is 0 Å². The van der Waals surface area contributed by atoms with Crippen molar-refractivity contribution in [1.82, 2.24) is 4.31 Å². The Morgan fingerprint density at radius 1 is 1.24 bits per heavy atom. The second kappa shape index (κ2) is 6.42. The lowest BCUT2D eigenvalue weighted by Gasteiger charge is -2.18. The van der Waals surface area contributed by atoms with Gasteiger partial charge >= 0.3 is 0 Å². The highest BCUT2D eigenvalue weighted by Gasteiger charge is 2.29. The van der Waals surface area contributed by atoms with Crippen molar-refractivity contribution < 1.29 is 8.42 Å². The Hall–Kier alpha value is -0.340. The predicted octanol–water partition coefficient (Wildman–Crippen LogP) is 3.99. The molecule has 0 bridgehead atoms. The molecule has 3 heterocycles. The van der Waals surface area contributed by atoms with Gasteiger partial charge in [0.25, 0.3) is 10.0 Å². The average Bonchev–Trinajstić information content (AvgIpc) is 3.06. The molecule has 3 nitrogen and oxygen atoms in total. The van der Waals surface area contributed by atoms with Gasteiger partial charge in [0.05, 0.1) is 0 Å². The number of aryl methyl sites for hydroxylation is 1. The maximum Gasteiger partial charge on any atom is 0.252 e. The van der Waals surface area contributed by atoms with E-state index >= 15 is 0 Å². The molecule has 1 aliphatic heterocycles. The summed E-state index contributed by atoms with van der Waals surface area (Å²) in [6.07, 6.45) is 0.884. The smallest absolute Gasteiger partial charge is 0.206 e. The zero-order valence-corrected chi connectivity index (χ0v) is 15.0. The minimum atomic E-state index is -3.31. The summed E-state index contributed by atoms with van der Waals surface area (Å²) in [7, 11) is -3.31. The minimum absolute atomic E-state index is 0.426. The van der Waals surface area contributed by atoms with Crippen molar-refractivity contribution >= 4 is 44.5 Å². The minimum Gasteiger partial charge on any atom is -0.206 e. The molecule has 0 aromatic carbocycles. The van der Waals surface area contributed by atoms with Gasteiger partial charge in [-0.3, -0.25) is 0 Å². The first-order valence-corrected chi connectivity index (χ1v) is 11.0. The number of hydrogen-bond donors (Lipinski definition) is 0. The van der Waals surface area contributed by atoms with Crippen LogP contribution in [-0.2, 0) is 10.0 Å². The zero-order valence-electron chi connectivity index (χ0n) is 11.7. The highest BCUT2D eigenvalue weighted by molar-refractivity contribution is 7.99. The Balaban J connectivity index is 1.75. The van der Waals surface area contributed by atoms with Crippen LogP contribution in [0.3, 0.4) is 0 Å². The third kappa shape index (κ3) is 3.37. The van der Waals surface area contributed by atoms with E-state index in [1.165, 1.54) is 16.2 Å². The van der Waals surface area contributed by atoms with E-state index in [2.05, 4.69) is 17.5 Å². The van der Waals surface area contributed by atoms with Crippen LogP contribution in [0.1, 0.15) is 21.4 Å². The van der Waals surface area contributed by atoms with Crippen LogP contribution in [0.15, 0.2) is 33.9 Å². The normalized spacial score (nSPS) is 21.3. The fraction of sp³-hybridized carbons (Fsp3) is 0.429. The predicted molar refractivity (Wildman–Crippen MR) is 91.9 cm³/mol. The van der Waals surface area contributed by atoms with E-state index in [-0.39, 0.29) is 0 Å². The van der Waals surface area contributed by atoms with Gasteiger partial charge in [0, 0.05) is 33.8 Å². The van der Waals surface area contributed by atoms with Gasteiger partial charge in [-0.15, -0.1) is 22.7 Å². The van der Waals surface area contributed by atoms with Gasteiger partial charge in [-0.25, -0.2) is 8.42 Å². The summed E-state index contributed by atoms with van der Waals surface area (Å²) >= 11 is 4.99. The Morgan fingerprint density at radius 3 is 2.76 bits per heavy atom. The molecule has 114 valence electrons. The van der Waals surface area contributed by atoms with Crippen LogP contribution in [0.2, 0.25) is 0 Å². The van der Waals surface area contributed by atoms with E-state index in [9.17, 15) is 8.42 Å². The van der Waals surface area contributed by atoms with Crippen molar-refractivity contribution in [3.05, 3.63) is 39.4 Å². The fourth-order valence-corrected chi connectivity index (χ4v) is 7.62. The maximum absolute atomic E-state index is 12.7. The summed E-state index contributed by atoms with van der Waals surface area (Å²) < 4.78 is 27.5. The fourth-order valence-electron chi connectivity index (χ4n) is 2.37. The lowest BCUT2D eigenvalue weighted by Crippen LogP contribution is -2.32. The number of thiophene rings is 2. The lowest BCUT2D eigenvalue weighted by atomic mass is 10.2. The molecule has 0 spiro atoms. The molecule has 0 aliphatic carbocycles. The van der Waals surface area contributed by atoms with Crippen molar-refractivity contribution in [3.63, 3.8) is 0 Å². The Morgan fingerprint density at radius 2 is 2.10 bits per heavy atom. The van der Waals surface area contributed by atoms with E-state index < -0.39 is 10.0 Å². The molecule has 0 saturated carbocycles. The molecule has 2 aromatic rings. The Kier molecular flexibility index (Phi) is 4.75. The standard InChI is InChI=1S/C14H17NO2S4/c1-11-4-5-14(20-11)21(16,17)15-7-6-13(19-10-8-15)12-3-2-9-18-12/h2-5,9,13H,6-8,10H2,1H3. The second-order valence-corrected chi connectivity index (χ2v) is 10.7. The third-order valence-corrected chi connectivity index (χ3v) is 9.28. The van der Waals surface area contributed by atoms with Crippen LogP contribution in [0, 0.1) is 6.92 Å². The number of nitrogens with zero attached hydrogens (tertiary/aromatic N) is 1. The van der Waals surface area contributed by atoms with Crippen LogP contribution in [0.25, 0.3) is 0 Å². The molecule has 2 aromatic heterocycles. The average molecular weight is 360 g/mol. The van der Waals surface area contributed by atoms with Gasteiger partial charge in [0.2, 0.25) is 0 Å². The summed E-state index contributed by atoms with van der Waals surface area (Å²) in [5, 5.41) is 2.51. The monoisotopic (exact) mass is 359 g/mol.